The van der Waals surface area contributed by atoms with Crippen molar-refractivity contribution in [2.45, 2.75) is 17.0 Å². The van der Waals surface area contributed by atoms with E-state index in [0.717, 1.165) is 0 Å². The standard InChI is InChI=1S/C11H3Cl4F5N2O2S/c12-4-1-3(11(18,19)20)2-5(13)6(4)22-8(7(14)21-9(22)15)25(23,24)10(16)17/h1-2,10H. The van der Waals surface area contributed by atoms with Crippen LogP contribution in [0.25, 0.3) is 5.69 Å². The van der Waals surface area contributed by atoms with Crippen molar-refractivity contribution in [1.82, 2.24) is 9.55 Å². The van der Waals surface area contributed by atoms with Crippen LogP contribution >= 0.6 is 46.4 Å². The Morgan fingerprint density at radius 3 is 1.92 bits per heavy atom. The molecule has 14 heteroatoms. The zero-order chi connectivity index (χ0) is 19.3. The Labute approximate surface area is 157 Å². The van der Waals surface area contributed by atoms with Crippen LogP contribution in [0.4, 0.5) is 22.0 Å². The first-order valence-corrected chi connectivity index (χ1v) is 8.86. The lowest BCUT2D eigenvalue weighted by molar-refractivity contribution is -0.137. The number of imidazole rings is 1. The number of rotatable bonds is 3. The van der Waals surface area contributed by atoms with Crippen LogP contribution in [0.3, 0.4) is 0 Å². The molecule has 138 valence electrons. The topological polar surface area (TPSA) is 52.0 Å². The number of hydrogen-bond acceptors (Lipinski definition) is 3. The number of nitrogens with zero attached hydrogens (tertiary/aromatic N) is 2. The van der Waals surface area contributed by atoms with Gasteiger partial charge in [0.1, 0.15) is 0 Å². The van der Waals surface area contributed by atoms with Gasteiger partial charge in [0.2, 0.25) is 5.28 Å². The summed E-state index contributed by atoms with van der Waals surface area (Å²) in [4.78, 5) is 3.33. The first-order chi connectivity index (χ1) is 11.3. The zero-order valence-corrected chi connectivity index (χ0v) is 15.1. The Kier molecular flexibility index (Phi) is 5.52. The highest BCUT2D eigenvalue weighted by Crippen LogP contribution is 2.41. The van der Waals surface area contributed by atoms with Crippen LogP contribution in [-0.4, -0.2) is 23.7 Å². The summed E-state index contributed by atoms with van der Waals surface area (Å²) in [5.74, 6) is -3.90. The van der Waals surface area contributed by atoms with Gasteiger partial charge in [-0.25, -0.2) is 13.4 Å². The third kappa shape index (κ3) is 3.68. The normalized spacial score (nSPS) is 12.9. The van der Waals surface area contributed by atoms with E-state index in [9.17, 15) is 30.4 Å². The molecule has 0 amide bonds. The summed E-state index contributed by atoms with van der Waals surface area (Å²) >= 11 is 22.7. The van der Waals surface area contributed by atoms with Crippen LogP contribution in [0.15, 0.2) is 17.2 Å². The summed E-state index contributed by atoms with van der Waals surface area (Å²) in [6.45, 7) is 0. The van der Waals surface area contributed by atoms with Gasteiger partial charge in [0.05, 0.1) is 21.3 Å². The highest BCUT2D eigenvalue weighted by molar-refractivity contribution is 7.91. The molecule has 2 aromatic rings. The summed E-state index contributed by atoms with van der Waals surface area (Å²) in [6, 6.07) is 0.845. The average molecular weight is 464 g/mol. The van der Waals surface area contributed by atoms with Crippen molar-refractivity contribution in [2.24, 2.45) is 0 Å². The second kappa shape index (κ2) is 6.73. The number of halogens is 9. The zero-order valence-electron chi connectivity index (χ0n) is 11.3. The van der Waals surface area contributed by atoms with E-state index in [-0.39, 0.29) is 0 Å². The molecule has 1 heterocycles. The molecule has 1 aromatic carbocycles. The number of benzene rings is 1. The van der Waals surface area contributed by atoms with Crippen molar-refractivity contribution in [3.05, 3.63) is 38.2 Å². The van der Waals surface area contributed by atoms with E-state index in [1.165, 1.54) is 0 Å². The Hall–Kier alpha value is -0.810. The second-order valence-electron chi connectivity index (χ2n) is 4.40. The summed E-state index contributed by atoms with van der Waals surface area (Å²) in [7, 11) is -5.33. The van der Waals surface area contributed by atoms with Crippen LogP contribution in [-0.2, 0) is 16.0 Å². The summed E-state index contributed by atoms with van der Waals surface area (Å²) < 4.78 is 87.9. The minimum absolute atomic E-state index is 0.343. The van der Waals surface area contributed by atoms with Crippen LogP contribution in [0, 0.1) is 0 Å². The van der Waals surface area contributed by atoms with Crippen molar-refractivity contribution in [1.29, 1.82) is 0 Å². The molecule has 4 nitrogen and oxygen atoms in total. The van der Waals surface area contributed by atoms with E-state index in [1.54, 1.807) is 0 Å². The monoisotopic (exact) mass is 462 g/mol. The van der Waals surface area contributed by atoms with E-state index in [0.29, 0.717) is 16.7 Å². The van der Waals surface area contributed by atoms with Crippen LogP contribution < -0.4 is 0 Å². The van der Waals surface area contributed by atoms with Gasteiger partial charge in [-0.2, -0.15) is 22.0 Å². The molecule has 1 aromatic heterocycles. The van der Waals surface area contributed by atoms with Gasteiger partial charge in [0, 0.05) is 0 Å². The lowest BCUT2D eigenvalue weighted by Gasteiger charge is -2.15. The third-order valence-electron chi connectivity index (χ3n) is 2.83. The minimum Gasteiger partial charge on any atom is -0.269 e. The van der Waals surface area contributed by atoms with E-state index in [2.05, 4.69) is 4.98 Å². The van der Waals surface area contributed by atoms with Crippen molar-refractivity contribution in [3.8, 4) is 5.69 Å². The fraction of sp³-hybridized carbons (Fsp3) is 0.182. The van der Waals surface area contributed by atoms with Crippen LogP contribution in [0.5, 0.6) is 0 Å². The van der Waals surface area contributed by atoms with Crippen molar-refractivity contribution >= 4 is 56.2 Å². The van der Waals surface area contributed by atoms with E-state index < -0.39 is 58.5 Å². The average Bonchev–Trinajstić information content (AvgIpc) is 2.72. The number of hydrogen-bond donors (Lipinski definition) is 0. The Morgan fingerprint density at radius 1 is 1.04 bits per heavy atom. The molecule has 0 bridgehead atoms. The summed E-state index contributed by atoms with van der Waals surface area (Å²) in [5, 5.41) is -4.33. The molecule has 0 saturated carbocycles. The molecule has 0 saturated heterocycles. The highest BCUT2D eigenvalue weighted by Gasteiger charge is 2.37. The predicted molar refractivity (Wildman–Crippen MR) is 81.8 cm³/mol. The van der Waals surface area contributed by atoms with Gasteiger partial charge in [-0.15, -0.1) is 0 Å². The SMILES string of the molecule is O=S(=O)(c1c(Cl)nc(Cl)n1-c1c(Cl)cc(C(F)(F)F)cc1Cl)C(F)F. The first-order valence-electron chi connectivity index (χ1n) is 5.81. The molecular weight excluding hydrogens is 461 g/mol. The number of sulfone groups is 1. The molecule has 25 heavy (non-hydrogen) atoms. The molecule has 2 rings (SSSR count). The second-order valence-corrected chi connectivity index (χ2v) is 7.75. The smallest absolute Gasteiger partial charge is 0.269 e. The third-order valence-corrected chi connectivity index (χ3v) is 5.42. The quantitative estimate of drug-likeness (QED) is 0.564. The molecule has 0 aliphatic heterocycles. The fourth-order valence-electron chi connectivity index (χ4n) is 1.82. The lowest BCUT2D eigenvalue weighted by Crippen LogP contribution is -2.17. The Morgan fingerprint density at radius 2 is 1.52 bits per heavy atom. The van der Waals surface area contributed by atoms with Gasteiger partial charge < -0.3 is 0 Å². The van der Waals surface area contributed by atoms with Gasteiger partial charge in [0.15, 0.2) is 10.2 Å². The maximum Gasteiger partial charge on any atom is 0.416 e. The molecule has 0 N–H and O–H groups in total. The maximum absolute atomic E-state index is 12.9. The lowest BCUT2D eigenvalue weighted by atomic mass is 10.2. The Balaban J connectivity index is 2.86. The van der Waals surface area contributed by atoms with Crippen molar-refractivity contribution in [2.75, 3.05) is 0 Å². The van der Waals surface area contributed by atoms with Gasteiger partial charge in [0.25, 0.3) is 9.84 Å². The van der Waals surface area contributed by atoms with Crippen LogP contribution in [0.1, 0.15) is 5.56 Å². The maximum atomic E-state index is 12.9. The largest absolute Gasteiger partial charge is 0.416 e. The van der Waals surface area contributed by atoms with Gasteiger partial charge in [-0.05, 0) is 23.7 Å². The molecule has 0 radical (unpaired) electrons. The molecule has 0 atom stereocenters. The van der Waals surface area contributed by atoms with Gasteiger partial charge in [-0.3, -0.25) is 4.57 Å². The molecule has 0 unspecified atom stereocenters. The molecular formula is C11H3Cl4F5N2O2S. The first kappa shape index (κ1) is 20.5. The summed E-state index contributed by atoms with van der Waals surface area (Å²) in [5.41, 5.74) is -1.84. The molecule has 0 fully saturated rings. The number of alkyl halides is 5. The molecule has 0 aliphatic rings. The van der Waals surface area contributed by atoms with Gasteiger partial charge >= 0.3 is 11.9 Å². The van der Waals surface area contributed by atoms with Gasteiger partial charge in [-0.1, -0.05) is 34.8 Å². The van der Waals surface area contributed by atoms with E-state index in [1.807, 2.05) is 0 Å². The van der Waals surface area contributed by atoms with Crippen LogP contribution in [0.2, 0.25) is 20.5 Å². The Bertz CT molecular complexity index is 920. The van der Waals surface area contributed by atoms with Crippen molar-refractivity contribution in [3.63, 3.8) is 0 Å². The molecule has 0 spiro atoms. The highest BCUT2D eigenvalue weighted by atomic mass is 35.5. The van der Waals surface area contributed by atoms with Crippen molar-refractivity contribution < 1.29 is 30.4 Å². The predicted octanol–water partition coefficient (Wildman–Crippen LogP) is 5.50. The van der Waals surface area contributed by atoms with E-state index in [4.69, 9.17) is 46.4 Å². The summed E-state index contributed by atoms with van der Waals surface area (Å²) in [6.07, 6.45) is -4.81. The fourth-order valence-corrected chi connectivity index (χ4v) is 4.19. The van der Waals surface area contributed by atoms with E-state index >= 15 is 0 Å². The number of aromatic nitrogens is 2. The molecule has 0 aliphatic carbocycles. The minimum atomic E-state index is -5.33.